The lowest BCUT2D eigenvalue weighted by Gasteiger charge is -2.28. The Labute approximate surface area is 191 Å². The average Bonchev–Trinajstić information content (AvgIpc) is 3.76. The summed E-state index contributed by atoms with van der Waals surface area (Å²) in [4.78, 5) is 5.93. The Morgan fingerprint density at radius 2 is 2.00 bits per heavy atom. The predicted octanol–water partition coefficient (Wildman–Crippen LogP) is 5.30. The molecule has 4 heteroatoms. The van der Waals surface area contributed by atoms with Crippen LogP contribution in [0.25, 0.3) is 5.57 Å². The molecular weight excluding hydrogens is 398 g/mol. The molecule has 2 spiro atoms. The molecule has 32 heavy (non-hydrogen) atoms. The van der Waals surface area contributed by atoms with Crippen molar-refractivity contribution in [2.45, 2.75) is 63.9 Å². The summed E-state index contributed by atoms with van der Waals surface area (Å²) in [6.45, 7) is 5.91. The molecule has 0 aromatic heterocycles. The number of quaternary nitrogens is 1. The summed E-state index contributed by atoms with van der Waals surface area (Å²) in [5, 5.41) is 12.7. The first-order valence-electron chi connectivity index (χ1n) is 12.6. The van der Waals surface area contributed by atoms with Gasteiger partial charge in [-0.1, -0.05) is 30.4 Å². The van der Waals surface area contributed by atoms with Crippen LogP contribution in [-0.4, -0.2) is 19.3 Å². The first-order valence-corrected chi connectivity index (χ1v) is 12.6. The lowest BCUT2D eigenvalue weighted by molar-refractivity contribution is -0.998. The minimum absolute atomic E-state index is 0.212. The fraction of sp³-hybridized carbons (Fsp3) is 0.571. The van der Waals surface area contributed by atoms with Crippen LogP contribution in [0.15, 0.2) is 54.6 Å². The van der Waals surface area contributed by atoms with Gasteiger partial charge in [-0.05, 0) is 97.8 Å². The normalized spacial score (nSPS) is 35.8. The van der Waals surface area contributed by atoms with Gasteiger partial charge in [-0.25, -0.2) is 0 Å². The Morgan fingerprint density at radius 1 is 1.16 bits per heavy atom. The summed E-state index contributed by atoms with van der Waals surface area (Å²) in [5.74, 6) is 0.917. The summed E-state index contributed by atoms with van der Waals surface area (Å²) in [6.07, 6.45) is 17.9. The lowest BCUT2D eigenvalue weighted by atomic mass is 9.86. The SMILES string of the molecule is C=C1[C@H](CO[NH+]([O-])c2ccc(C3=CCCC=C3)cc2)C2(C[C@H]2C2CCCCO2)CC12CC2. The van der Waals surface area contributed by atoms with E-state index < -0.39 is 0 Å². The highest BCUT2D eigenvalue weighted by Crippen LogP contribution is 2.78. The Bertz CT molecular complexity index is 938. The van der Waals surface area contributed by atoms with E-state index in [2.05, 4.69) is 24.8 Å². The Morgan fingerprint density at radius 3 is 2.69 bits per heavy atom. The molecule has 3 saturated carbocycles. The standard InChI is InChI=1S/C28H35NO3/c1-20-25(28(19-27(20)14-15-27)17-24(28)26-9-5-6-16-31-26)18-32-29(30)23-12-10-22(11-13-23)21-7-3-2-4-8-21/h3,7-8,10-13,24-26,29H,1-2,4-6,9,14-19H2/t24-,25-,26?,28?/m0/s1. The van der Waals surface area contributed by atoms with Gasteiger partial charge in [-0.3, -0.25) is 0 Å². The van der Waals surface area contributed by atoms with Crippen LogP contribution < -0.4 is 5.23 Å². The number of rotatable bonds is 6. The van der Waals surface area contributed by atoms with E-state index in [0.717, 1.165) is 25.0 Å². The second kappa shape index (κ2) is 7.95. The minimum atomic E-state index is -0.212. The van der Waals surface area contributed by atoms with E-state index in [0.29, 0.717) is 35.6 Å². The van der Waals surface area contributed by atoms with Crippen molar-refractivity contribution in [2.24, 2.45) is 22.7 Å². The zero-order valence-corrected chi connectivity index (χ0v) is 19.0. The Hall–Kier alpha value is -1.72. The fourth-order valence-corrected chi connectivity index (χ4v) is 6.91. The van der Waals surface area contributed by atoms with Gasteiger partial charge < -0.3 is 9.94 Å². The van der Waals surface area contributed by atoms with Gasteiger partial charge in [-0.2, -0.15) is 10.1 Å². The van der Waals surface area contributed by atoms with Crippen LogP contribution in [0, 0.1) is 27.9 Å². The highest BCUT2D eigenvalue weighted by molar-refractivity contribution is 5.75. The zero-order chi connectivity index (χ0) is 21.8. The van der Waals surface area contributed by atoms with Crippen LogP contribution in [0.2, 0.25) is 0 Å². The summed E-state index contributed by atoms with van der Waals surface area (Å²) >= 11 is 0. The third kappa shape index (κ3) is 3.52. The van der Waals surface area contributed by atoms with Gasteiger partial charge in [0.25, 0.3) is 0 Å². The molecule has 1 aromatic carbocycles. The molecule has 4 aliphatic carbocycles. The first kappa shape index (κ1) is 20.9. The van der Waals surface area contributed by atoms with Crippen LogP contribution in [-0.2, 0) is 9.57 Å². The van der Waals surface area contributed by atoms with Crippen molar-refractivity contribution in [1.82, 2.24) is 0 Å². The molecule has 1 aliphatic heterocycles. The van der Waals surface area contributed by atoms with Crippen molar-refractivity contribution in [2.75, 3.05) is 13.2 Å². The molecule has 0 radical (unpaired) electrons. The van der Waals surface area contributed by atoms with Gasteiger partial charge in [0.2, 0.25) is 0 Å². The van der Waals surface area contributed by atoms with E-state index >= 15 is 0 Å². The quantitative estimate of drug-likeness (QED) is 0.489. The van der Waals surface area contributed by atoms with Crippen molar-refractivity contribution in [3.63, 3.8) is 0 Å². The largest absolute Gasteiger partial charge is 0.595 e. The van der Waals surface area contributed by atoms with Crippen LogP contribution in [0.3, 0.4) is 0 Å². The van der Waals surface area contributed by atoms with Crippen molar-refractivity contribution < 1.29 is 14.8 Å². The summed E-state index contributed by atoms with van der Waals surface area (Å²) in [5.41, 5.74) is 4.98. The van der Waals surface area contributed by atoms with Gasteiger partial charge in [0.15, 0.2) is 5.69 Å². The number of hydrogen-bond acceptors (Lipinski definition) is 3. The maximum absolute atomic E-state index is 12.9. The molecule has 0 amide bonds. The van der Waals surface area contributed by atoms with E-state index in [9.17, 15) is 5.21 Å². The topological polar surface area (TPSA) is 46.0 Å². The second-order valence-corrected chi connectivity index (χ2v) is 10.8. The molecule has 5 aliphatic rings. The first-order chi connectivity index (χ1) is 15.6. The third-order valence-electron chi connectivity index (χ3n) is 8.99. The third-order valence-corrected chi connectivity index (χ3v) is 8.99. The average molecular weight is 434 g/mol. The van der Waals surface area contributed by atoms with Gasteiger partial charge in [0.1, 0.15) is 6.61 Å². The fourth-order valence-electron chi connectivity index (χ4n) is 6.91. The van der Waals surface area contributed by atoms with Crippen LogP contribution >= 0.6 is 0 Å². The van der Waals surface area contributed by atoms with E-state index in [-0.39, 0.29) is 10.6 Å². The highest BCUT2D eigenvalue weighted by Gasteiger charge is 2.72. The zero-order valence-electron chi connectivity index (χ0n) is 19.0. The molecule has 1 N–H and O–H groups in total. The molecule has 1 aromatic rings. The van der Waals surface area contributed by atoms with Crippen molar-refractivity contribution in [1.29, 1.82) is 0 Å². The summed E-state index contributed by atoms with van der Waals surface area (Å²) in [6, 6.07) is 7.87. The van der Waals surface area contributed by atoms with Gasteiger partial charge >= 0.3 is 0 Å². The highest BCUT2D eigenvalue weighted by atomic mass is 16.9. The van der Waals surface area contributed by atoms with E-state index in [1.54, 1.807) is 0 Å². The molecule has 1 heterocycles. The monoisotopic (exact) mass is 433 g/mol. The van der Waals surface area contributed by atoms with Gasteiger partial charge in [0, 0.05) is 24.7 Å². The number of hydrogen-bond donors (Lipinski definition) is 1. The molecule has 4 fully saturated rings. The number of allylic oxidation sites excluding steroid dienone is 4. The summed E-state index contributed by atoms with van der Waals surface area (Å²) in [7, 11) is 0. The number of nitrogens with one attached hydrogen (secondary N) is 1. The summed E-state index contributed by atoms with van der Waals surface area (Å²) < 4.78 is 6.17. The van der Waals surface area contributed by atoms with Crippen LogP contribution in [0.4, 0.5) is 5.69 Å². The van der Waals surface area contributed by atoms with E-state index in [1.165, 1.54) is 56.1 Å². The molecule has 3 unspecified atom stereocenters. The van der Waals surface area contributed by atoms with Crippen molar-refractivity contribution >= 4 is 11.3 Å². The Balaban J connectivity index is 1.13. The van der Waals surface area contributed by atoms with Gasteiger partial charge in [0.05, 0.1) is 6.10 Å². The predicted molar refractivity (Wildman–Crippen MR) is 126 cm³/mol. The molecule has 170 valence electrons. The molecule has 6 rings (SSSR count). The number of benzene rings is 1. The minimum Gasteiger partial charge on any atom is -0.595 e. The van der Waals surface area contributed by atoms with E-state index in [1.807, 2.05) is 24.3 Å². The van der Waals surface area contributed by atoms with Crippen LogP contribution in [0.1, 0.15) is 63.4 Å². The lowest BCUT2D eigenvalue weighted by Crippen LogP contribution is -3.01. The van der Waals surface area contributed by atoms with Crippen molar-refractivity contribution in [3.8, 4) is 0 Å². The van der Waals surface area contributed by atoms with Gasteiger partial charge in [-0.15, -0.1) is 0 Å². The molecule has 4 nitrogen and oxygen atoms in total. The maximum Gasteiger partial charge on any atom is 0.164 e. The second-order valence-electron chi connectivity index (χ2n) is 10.8. The molecule has 0 bridgehead atoms. The van der Waals surface area contributed by atoms with Crippen molar-refractivity contribution in [3.05, 3.63) is 65.4 Å². The molecular formula is C28H35NO3. The van der Waals surface area contributed by atoms with Crippen LogP contribution in [0.5, 0.6) is 0 Å². The smallest absolute Gasteiger partial charge is 0.164 e. The maximum atomic E-state index is 12.9. The molecule has 1 saturated heterocycles. The number of ether oxygens (including phenoxy) is 1. The molecule has 5 atom stereocenters. The van der Waals surface area contributed by atoms with E-state index in [4.69, 9.17) is 9.57 Å². The Kier molecular flexibility index (Phi) is 5.18.